The SMILES string of the molecule is CC(C)(C#N)C12CCCCC1O2. The van der Waals surface area contributed by atoms with Crippen molar-refractivity contribution >= 4 is 0 Å². The molecule has 0 aromatic heterocycles. The molecule has 1 aliphatic carbocycles. The molecule has 0 spiro atoms. The summed E-state index contributed by atoms with van der Waals surface area (Å²) in [6, 6.07) is 2.37. The predicted octanol–water partition coefficient (Wildman–Crippen LogP) is 2.25. The highest BCUT2D eigenvalue weighted by Crippen LogP contribution is 2.57. The molecule has 2 rings (SSSR count). The quantitative estimate of drug-likeness (QED) is 0.559. The first-order valence-corrected chi connectivity index (χ1v) is 4.71. The van der Waals surface area contributed by atoms with Crippen molar-refractivity contribution < 1.29 is 4.74 Å². The normalized spacial score (nSPS) is 39.9. The van der Waals surface area contributed by atoms with Gasteiger partial charge < -0.3 is 4.74 Å². The first-order chi connectivity index (χ1) is 5.62. The van der Waals surface area contributed by atoms with E-state index in [0.717, 1.165) is 12.8 Å². The van der Waals surface area contributed by atoms with E-state index in [4.69, 9.17) is 10.00 Å². The van der Waals surface area contributed by atoms with Crippen LogP contribution >= 0.6 is 0 Å². The molecule has 0 N–H and O–H groups in total. The van der Waals surface area contributed by atoms with E-state index < -0.39 is 0 Å². The molecule has 0 aromatic rings. The number of hydrogen-bond acceptors (Lipinski definition) is 2. The summed E-state index contributed by atoms with van der Waals surface area (Å²) < 4.78 is 5.70. The van der Waals surface area contributed by atoms with E-state index in [9.17, 15) is 0 Å². The van der Waals surface area contributed by atoms with Gasteiger partial charge in [-0.15, -0.1) is 0 Å². The van der Waals surface area contributed by atoms with Crippen LogP contribution in [0.2, 0.25) is 0 Å². The molecule has 1 saturated heterocycles. The Hall–Kier alpha value is -0.550. The highest BCUT2D eigenvalue weighted by Gasteiger charge is 2.65. The second-order valence-electron chi connectivity index (χ2n) is 4.48. The Kier molecular flexibility index (Phi) is 1.50. The minimum Gasteiger partial charge on any atom is -0.364 e. The Bertz CT molecular complexity index is 241. The van der Waals surface area contributed by atoms with Gasteiger partial charge >= 0.3 is 0 Å². The minimum absolute atomic E-state index is 0.0694. The standard InChI is InChI=1S/C10H15NO/c1-9(2,7-11)10-6-4-3-5-8(10)12-10/h8H,3-6H2,1-2H3. The Labute approximate surface area is 73.5 Å². The topological polar surface area (TPSA) is 36.3 Å². The van der Waals surface area contributed by atoms with E-state index in [0.29, 0.717) is 6.10 Å². The summed E-state index contributed by atoms with van der Waals surface area (Å²) in [5, 5.41) is 9.01. The van der Waals surface area contributed by atoms with E-state index in [-0.39, 0.29) is 11.0 Å². The molecule has 12 heavy (non-hydrogen) atoms. The average molecular weight is 165 g/mol. The van der Waals surface area contributed by atoms with Gasteiger partial charge in [-0.3, -0.25) is 0 Å². The Balaban J connectivity index is 2.19. The first kappa shape index (κ1) is 8.07. The third-order valence-electron chi connectivity index (χ3n) is 3.42. The molecule has 0 aromatic carbocycles. The summed E-state index contributed by atoms with van der Waals surface area (Å²) in [6.07, 6.45) is 5.12. The van der Waals surface area contributed by atoms with Crippen molar-refractivity contribution in [2.24, 2.45) is 5.41 Å². The van der Waals surface area contributed by atoms with E-state index in [1.165, 1.54) is 12.8 Å². The molecule has 1 aliphatic heterocycles. The number of fused-ring (bicyclic) bond motifs is 1. The van der Waals surface area contributed by atoms with Crippen LogP contribution in [0.1, 0.15) is 39.5 Å². The molecule has 2 nitrogen and oxygen atoms in total. The lowest BCUT2D eigenvalue weighted by atomic mass is 9.71. The van der Waals surface area contributed by atoms with E-state index in [2.05, 4.69) is 6.07 Å². The summed E-state index contributed by atoms with van der Waals surface area (Å²) in [5.74, 6) is 0. The van der Waals surface area contributed by atoms with Crippen molar-refractivity contribution in [3.8, 4) is 6.07 Å². The first-order valence-electron chi connectivity index (χ1n) is 4.71. The van der Waals surface area contributed by atoms with Gasteiger partial charge in [0.2, 0.25) is 0 Å². The number of ether oxygens (including phenoxy) is 1. The lowest BCUT2D eigenvalue weighted by molar-refractivity contribution is 0.174. The molecule has 2 unspecified atom stereocenters. The molecule has 0 amide bonds. The Morgan fingerprint density at radius 3 is 2.83 bits per heavy atom. The van der Waals surface area contributed by atoms with Crippen LogP contribution in [0.4, 0.5) is 0 Å². The zero-order valence-corrected chi connectivity index (χ0v) is 7.76. The molecular weight excluding hydrogens is 150 g/mol. The van der Waals surface area contributed by atoms with Crippen LogP contribution in [-0.2, 0) is 4.74 Å². The number of hydrogen-bond donors (Lipinski definition) is 0. The van der Waals surface area contributed by atoms with E-state index in [1.807, 2.05) is 13.8 Å². The van der Waals surface area contributed by atoms with Gasteiger partial charge in [-0.1, -0.05) is 12.8 Å². The van der Waals surface area contributed by atoms with Crippen LogP contribution in [0.15, 0.2) is 0 Å². The lowest BCUT2D eigenvalue weighted by Crippen LogP contribution is -2.35. The zero-order chi connectivity index (χ0) is 8.82. The third kappa shape index (κ3) is 0.834. The summed E-state index contributed by atoms with van der Waals surface area (Å²) in [7, 11) is 0. The maximum Gasteiger partial charge on any atom is 0.113 e. The van der Waals surface area contributed by atoms with E-state index >= 15 is 0 Å². The predicted molar refractivity (Wildman–Crippen MR) is 45.5 cm³/mol. The summed E-state index contributed by atoms with van der Waals surface area (Å²) >= 11 is 0. The molecule has 1 heterocycles. The molecule has 2 fully saturated rings. The molecular formula is C10H15NO. The van der Waals surface area contributed by atoms with Crippen molar-refractivity contribution in [3.63, 3.8) is 0 Å². The monoisotopic (exact) mass is 165 g/mol. The highest BCUT2D eigenvalue weighted by molar-refractivity contribution is 5.19. The van der Waals surface area contributed by atoms with Gasteiger partial charge in [-0.25, -0.2) is 0 Å². The highest BCUT2D eigenvalue weighted by atomic mass is 16.6. The zero-order valence-electron chi connectivity index (χ0n) is 7.76. The molecule has 2 heteroatoms. The smallest absolute Gasteiger partial charge is 0.113 e. The number of nitrogens with zero attached hydrogens (tertiary/aromatic N) is 1. The maximum absolute atomic E-state index is 9.01. The van der Waals surface area contributed by atoms with E-state index in [1.54, 1.807) is 0 Å². The van der Waals surface area contributed by atoms with Gasteiger partial charge in [0.25, 0.3) is 0 Å². The van der Waals surface area contributed by atoms with Crippen molar-refractivity contribution in [2.75, 3.05) is 0 Å². The number of epoxide rings is 1. The molecule has 1 saturated carbocycles. The molecule has 2 aliphatic rings. The second-order valence-corrected chi connectivity index (χ2v) is 4.48. The molecule has 2 atom stereocenters. The van der Waals surface area contributed by atoms with Crippen LogP contribution in [0.25, 0.3) is 0 Å². The second kappa shape index (κ2) is 2.23. The molecule has 0 bridgehead atoms. The largest absolute Gasteiger partial charge is 0.364 e. The molecule has 66 valence electrons. The Morgan fingerprint density at radius 2 is 2.25 bits per heavy atom. The number of rotatable bonds is 1. The summed E-state index contributed by atoms with van der Waals surface area (Å²) in [4.78, 5) is 0. The number of nitriles is 1. The maximum atomic E-state index is 9.01. The third-order valence-corrected chi connectivity index (χ3v) is 3.42. The average Bonchev–Trinajstić information content (AvgIpc) is 2.79. The fourth-order valence-corrected chi connectivity index (χ4v) is 2.41. The van der Waals surface area contributed by atoms with Crippen molar-refractivity contribution in [1.29, 1.82) is 5.26 Å². The Morgan fingerprint density at radius 1 is 1.50 bits per heavy atom. The van der Waals surface area contributed by atoms with Gasteiger partial charge in [-0.2, -0.15) is 5.26 Å². The van der Waals surface area contributed by atoms with Crippen LogP contribution < -0.4 is 0 Å². The van der Waals surface area contributed by atoms with Gasteiger partial charge in [-0.05, 0) is 26.7 Å². The van der Waals surface area contributed by atoms with Gasteiger partial charge in [0, 0.05) is 0 Å². The summed E-state index contributed by atoms with van der Waals surface area (Å²) in [5.41, 5.74) is -0.363. The van der Waals surface area contributed by atoms with Crippen molar-refractivity contribution in [2.45, 2.75) is 51.2 Å². The summed E-state index contributed by atoms with van der Waals surface area (Å²) in [6.45, 7) is 4.00. The fraction of sp³-hybridized carbons (Fsp3) is 0.900. The van der Waals surface area contributed by atoms with Crippen LogP contribution in [0, 0.1) is 16.7 Å². The van der Waals surface area contributed by atoms with Gasteiger partial charge in [0.15, 0.2) is 0 Å². The van der Waals surface area contributed by atoms with Gasteiger partial charge in [0.1, 0.15) is 5.60 Å². The molecule has 0 radical (unpaired) electrons. The van der Waals surface area contributed by atoms with Crippen LogP contribution in [0.3, 0.4) is 0 Å². The van der Waals surface area contributed by atoms with Crippen LogP contribution in [0.5, 0.6) is 0 Å². The lowest BCUT2D eigenvalue weighted by Gasteiger charge is -2.27. The van der Waals surface area contributed by atoms with Crippen molar-refractivity contribution in [3.05, 3.63) is 0 Å². The van der Waals surface area contributed by atoms with Gasteiger partial charge in [0.05, 0.1) is 17.6 Å². The van der Waals surface area contributed by atoms with Crippen molar-refractivity contribution in [1.82, 2.24) is 0 Å². The van der Waals surface area contributed by atoms with Crippen LogP contribution in [-0.4, -0.2) is 11.7 Å². The fourth-order valence-electron chi connectivity index (χ4n) is 2.41. The minimum atomic E-state index is -0.294.